The summed E-state index contributed by atoms with van der Waals surface area (Å²) in [5.74, 6) is 0.447. The summed E-state index contributed by atoms with van der Waals surface area (Å²) >= 11 is 5.98. The van der Waals surface area contributed by atoms with Crippen molar-refractivity contribution in [3.63, 3.8) is 0 Å². The summed E-state index contributed by atoms with van der Waals surface area (Å²) in [6.45, 7) is -1.83. The van der Waals surface area contributed by atoms with Crippen molar-refractivity contribution in [2.24, 2.45) is 0 Å². The van der Waals surface area contributed by atoms with Crippen LogP contribution in [0, 0.1) is 0 Å². The van der Waals surface area contributed by atoms with Crippen LogP contribution in [-0.2, 0) is 4.74 Å². The standard InChI is InChI=1S/C16H15ClF2N4O3/c17-14-4-13(12(6-20-14)9-5-21-23(7-9)15(18)19)26-11-1-2-22-10(3-11)8-25-16(22)24/h4-7,10-11,15H,1-3,8H2/t10-,11-/m0/s1. The van der Waals surface area contributed by atoms with Crippen LogP contribution in [-0.4, -0.2) is 51.1 Å². The van der Waals surface area contributed by atoms with Crippen molar-refractivity contribution in [2.45, 2.75) is 31.5 Å². The van der Waals surface area contributed by atoms with Gasteiger partial charge in [-0.05, 0) is 0 Å². The molecule has 1 amide bonds. The van der Waals surface area contributed by atoms with Crippen LogP contribution < -0.4 is 4.74 Å². The van der Waals surface area contributed by atoms with Crippen LogP contribution in [0.25, 0.3) is 11.1 Å². The monoisotopic (exact) mass is 384 g/mol. The van der Waals surface area contributed by atoms with E-state index in [1.54, 1.807) is 11.0 Å². The number of pyridine rings is 1. The predicted octanol–water partition coefficient (Wildman–Crippen LogP) is 3.36. The Hall–Kier alpha value is -2.42. The summed E-state index contributed by atoms with van der Waals surface area (Å²) in [4.78, 5) is 17.3. The average Bonchev–Trinajstić information content (AvgIpc) is 3.23. The van der Waals surface area contributed by atoms with Gasteiger partial charge in [0.1, 0.15) is 23.6 Å². The van der Waals surface area contributed by atoms with Gasteiger partial charge in [-0.1, -0.05) is 11.6 Å². The van der Waals surface area contributed by atoms with Crippen LogP contribution in [0.1, 0.15) is 19.4 Å². The zero-order chi connectivity index (χ0) is 18.3. The third-order valence-electron chi connectivity index (χ3n) is 4.54. The Bertz CT molecular complexity index is 832. The van der Waals surface area contributed by atoms with Gasteiger partial charge in [-0.15, -0.1) is 0 Å². The van der Waals surface area contributed by atoms with Crippen molar-refractivity contribution in [2.75, 3.05) is 13.2 Å². The largest absolute Gasteiger partial charge is 0.489 e. The Morgan fingerprint density at radius 3 is 3.00 bits per heavy atom. The number of piperidine rings is 1. The Labute approximate surface area is 152 Å². The van der Waals surface area contributed by atoms with Crippen molar-refractivity contribution in [1.29, 1.82) is 0 Å². The molecular formula is C16H15ClF2N4O3. The number of halogens is 3. The van der Waals surface area contributed by atoms with E-state index >= 15 is 0 Å². The number of rotatable bonds is 4. The van der Waals surface area contributed by atoms with Crippen LogP contribution >= 0.6 is 11.6 Å². The molecule has 0 unspecified atom stereocenters. The quantitative estimate of drug-likeness (QED) is 0.756. The number of fused-ring (bicyclic) bond motifs is 1. The summed E-state index contributed by atoms with van der Waals surface area (Å²) in [6, 6.07) is 1.54. The molecule has 138 valence electrons. The van der Waals surface area contributed by atoms with E-state index < -0.39 is 6.55 Å². The maximum Gasteiger partial charge on any atom is 0.410 e. The highest BCUT2D eigenvalue weighted by Gasteiger charge is 2.39. The maximum atomic E-state index is 12.8. The van der Waals surface area contributed by atoms with E-state index in [1.807, 2.05) is 0 Å². The number of hydrogen-bond acceptors (Lipinski definition) is 5. The number of aromatic nitrogens is 3. The van der Waals surface area contributed by atoms with Crippen molar-refractivity contribution in [1.82, 2.24) is 19.7 Å². The molecule has 10 heteroatoms. The number of cyclic esters (lactones) is 1. The molecule has 2 aliphatic heterocycles. The van der Waals surface area contributed by atoms with Crippen LogP contribution in [0.15, 0.2) is 24.7 Å². The zero-order valence-electron chi connectivity index (χ0n) is 13.5. The fourth-order valence-electron chi connectivity index (χ4n) is 3.26. The molecule has 0 radical (unpaired) electrons. The second-order valence-corrected chi connectivity index (χ2v) is 6.57. The summed E-state index contributed by atoms with van der Waals surface area (Å²) in [7, 11) is 0. The predicted molar refractivity (Wildman–Crippen MR) is 87.2 cm³/mol. The minimum atomic E-state index is -2.72. The SMILES string of the molecule is O=C1OC[C@@H]2C[C@@H](Oc3cc(Cl)ncc3-c3cnn(C(F)F)c3)CCN12. The third kappa shape index (κ3) is 3.18. The van der Waals surface area contributed by atoms with Crippen molar-refractivity contribution in [3.8, 4) is 16.9 Å². The van der Waals surface area contributed by atoms with Gasteiger partial charge in [-0.2, -0.15) is 13.9 Å². The Morgan fingerprint density at radius 1 is 1.38 bits per heavy atom. The van der Waals surface area contributed by atoms with E-state index in [1.165, 1.54) is 18.6 Å². The van der Waals surface area contributed by atoms with E-state index in [4.69, 9.17) is 21.1 Å². The second-order valence-electron chi connectivity index (χ2n) is 6.18. The number of carbonyl (C=O) groups excluding carboxylic acids is 1. The zero-order valence-corrected chi connectivity index (χ0v) is 14.3. The molecule has 2 aromatic rings. The lowest BCUT2D eigenvalue weighted by atomic mass is 10.0. The van der Waals surface area contributed by atoms with Gasteiger partial charge in [0, 0.05) is 49.0 Å². The Morgan fingerprint density at radius 2 is 2.23 bits per heavy atom. The minimum absolute atomic E-state index is 0.0106. The molecule has 0 aromatic carbocycles. The lowest BCUT2D eigenvalue weighted by Crippen LogP contribution is -2.44. The van der Waals surface area contributed by atoms with Gasteiger partial charge in [-0.25, -0.2) is 14.5 Å². The van der Waals surface area contributed by atoms with Crippen LogP contribution in [0.4, 0.5) is 13.6 Å². The molecule has 0 N–H and O–H groups in total. The van der Waals surface area contributed by atoms with Gasteiger partial charge in [0.05, 0.1) is 12.2 Å². The molecule has 0 bridgehead atoms. The lowest BCUT2D eigenvalue weighted by Gasteiger charge is -2.32. The van der Waals surface area contributed by atoms with Crippen LogP contribution in [0.5, 0.6) is 5.75 Å². The van der Waals surface area contributed by atoms with Gasteiger partial charge in [-0.3, -0.25) is 0 Å². The fraction of sp³-hybridized carbons (Fsp3) is 0.438. The van der Waals surface area contributed by atoms with Gasteiger partial charge >= 0.3 is 12.6 Å². The average molecular weight is 385 g/mol. The first-order valence-electron chi connectivity index (χ1n) is 8.09. The maximum absolute atomic E-state index is 12.8. The normalized spacial score (nSPS) is 22.5. The van der Waals surface area contributed by atoms with Gasteiger partial charge in [0.25, 0.3) is 0 Å². The lowest BCUT2D eigenvalue weighted by molar-refractivity contribution is 0.0566. The van der Waals surface area contributed by atoms with E-state index in [-0.39, 0.29) is 23.4 Å². The molecule has 26 heavy (non-hydrogen) atoms. The number of ether oxygens (including phenoxy) is 2. The summed E-state index contributed by atoms with van der Waals surface area (Å²) in [6.07, 6.45) is 4.86. The van der Waals surface area contributed by atoms with Crippen LogP contribution in [0.3, 0.4) is 0 Å². The highest BCUT2D eigenvalue weighted by molar-refractivity contribution is 6.29. The molecule has 2 aliphatic rings. The number of hydrogen-bond donors (Lipinski definition) is 0. The molecule has 7 nitrogen and oxygen atoms in total. The number of amides is 1. The van der Waals surface area contributed by atoms with Gasteiger partial charge in [0.2, 0.25) is 0 Å². The fourth-order valence-corrected chi connectivity index (χ4v) is 3.41. The smallest absolute Gasteiger partial charge is 0.410 e. The van der Waals surface area contributed by atoms with Crippen molar-refractivity contribution in [3.05, 3.63) is 29.8 Å². The molecular weight excluding hydrogens is 370 g/mol. The number of nitrogens with zero attached hydrogens (tertiary/aromatic N) is 4. The first kappa shape index (κ1) is 17.0. The third-order valence-corrected chi connectivity index (χ3v) is 4.75. The summed E-state index contributed by atoms with van der Waals surface area (Å²) < 4.78 is 37.3. The minimum Gasteiger partial charge on any atom is -0.489 e. The molecule has 0 spiro atoms. The highest BCUT2D eigenvalue weighted by Crippen LogP contribution is 2.34. The van der Waals surface area contributed by atoms with Crippen molar-refractivity contribution >= 4 is 17.7 Å². The topological polar surface area (TPSA) is 69.5 Å². The first-order chi connectivity index (χ1) is 12.5. The summed E-state index contributed by atoms with van der Waals surface area (Å²) in [5.41, 5.74) is 0.990. The van der Waals surface area contributed by atoms with E-state index in [0.29, 0.717) is 47.6 Å². The summed E-state index contributed by atoms with van der Waals surface area (Å²) in [5, 5.41) is 3.88. The Kier molecular flexibility index (Phi) is 4.39. The molecule has 2 fully saturated rings. The van der Waals surface area contributed by atoms with E-state index in [9.17, 15) is 13.6 Å². The molecule has 2 saturated heterocycles. The molecule has 0 aliphatic carbocycles. The van der Waals surface area contributed by atoms with Gasteiger partial charge in [0.15, 0.2) is 0 Å². The van der Waals surface area contributed by atoms with E-state index in [2.05, 4.69) is 10.1 Å². The molecule has 2 atom stereocenters. The molecule has 2 aromatic heterocycles. The van der Waals surface area contributed by atoms with Crippen LogP contribution in [0.2, 0.25) is 5.15 Å². The van der Waals surface area contributed by atoms with Gasteiger partial charge < -0.3 is 14.4 Å². The molecule has 4 rings (SSSR count). The number of alkyl halides is 2. The Balaban J connectivity index is 1.56. The molecule has 0 saturated carbocycles. The molecule has 4 heterocycles. The first-order valence-corrected chi connectivity index (χ1v) is 8.47. The second kappa shape index (κ2) is 6.71. The van der Waals surface area contributed by atoms with Crippen molar-refractivity contribution < 1.29 is 23.0 Å². The van der Waals surface area contributed by atoms with E-state index in [0.717, 1.165) is 0 Å². The number of carbonyl (C=O) groups is 1. The highest BCUT2D eigenvalue weighted by atomic mass is 35.5.